The topological polar surface area (TPSA) is 140 Å². The molecule has 0 saturated carbocycles. The minimum Gasteiger partial charge on any atom is -0.398 e. The van der Waals surface area contributed by atoms with Crippen LogP contribution in [0.4, 0.5) is 11.4 Å². The van der Waals surface area contributed by atoms with Gasteiger partial charge in [0.05, 0.1) is 10.1 Å². The third-order valence-corrected chi connectivity index (χ3v) is 5.29. The van der Waals surface area contributed by atoms with Crippen molar-refractivity contribution >= 4 is 41.6 Å². The maximum absolute atomic E-state index is 9.57. The van der Waals surface area contributed by atoms with Gasteiger partial charge in [-0.1, -0.05) is 47.8 Å². The Morgan fingerprint density at radius 2 is 1.35 bits per heavy atom. The molecule has 26 heavy (non-hydrogen) atoms. The van der Waals surface area contributed by atoms with Crippen molar-refractivity contribution in [3.05, 3.63) is 69.9 Å². The van der Waals surface area contributed by atoms with Gasteiger partial charge in [0.2, 0.25) is 0 Å². The molecule has 8 heteroatoms. The normalized spacial score (nSPS) is 12.6. The predicted octanol–water partition coefficient (Wildman–Crippen LogP) is 3.26. The molecule has 8 N–H and O–H groups in total. The summed E-state index contributed by atoms with van der Waals surface area (Å²) < 4.78 is 0. The molecule has 2 aromatic rings. The number of thioether (sulfide) groups is 2. The standard InChI is InChI=1S/C18H18N6S2/c1-24-16(18(23)26-15-9-5-3-7-13(15)21)11(10-19)17(22)25-14-8-4-2-6-12(14)20/h2-9H,1,20-23H2/b17-11+,18-16-. The minimum atomic E-state index is 0.132. The van der Waals surface area contributed by atoms with E-state index in [0.29, 0.717) is 11.4 Å². The Balaban J connectivity index is 2.41. The van der Waals surface area contributed by atoms with Crippen LogP contribution in [0.25, 0.3) is 0 Å². The lowest BCUT2D eigenvalue weighted by Crippen LogP contribution is -2.05. The van der Waals surface area contributed by atoms with Gasteiger partial charge in [0.15, 0.2) is 0 Å². The van der Waals surface area contributed by atoms with E-state index >= 15 is 0 Å². The number of aliphatic imine (C=N–C) groups is 1. The van der Waals surface area contributed by atoms with Crippen LogP contribution in [0.1, 0.15) is 0 Å². The Morgan fingerprint density at radius 3 is 1.77 bits per heavy atom. The number of nitriles is 1. The molecule has 6 nitrogen and oxygen atoms in total. The molecule has 0 spiro atoms. The monoisotopic (exact) mass is 382 g/mol. The zero-order valence-electron chi connectivity index (χ0n) is 13.8. The van der Waals surface area contributed by atoms with Gasteiger partial charge >= 0.3 is 0 Å². The molecule has 0 unspecified atom stereocenters. The van der Waals surface area contributed by atoms with Gasteiger partial charge in [-0.15, -0.1) is 0 Å². The molecular formula is C18H18N6S2. The summed E-state index contributed by atoms with van der Waals surface area (Å²) in [7, 11) is 0. The first-order valence-electron chi connectivity index (χ1n) is 7.39. The Bertz CT molecular complexity index is 927. The molecule has 0 fully saturated rings. The quantitative estimate of drug-likeness (QED) is 0.197. The smallest absolute Gasteiger partial charge is 0.113 e. The van der Waals surface area contributed by atoms with Crippen LogP contribution in [-0.4, -0.2) is 6.72 Å². The maximum atomic E-state index is 9.57. The lowest BCUT2D eigenvalue weighted by molar-refractivity contribution is 1.26. The third-order valence-electron chi connectivity index (χ3n) is 3.26. The van der Waals surface area contributed by atoms with E-state index in [1.165, 1.54) is 23.5 Å². The van der Waals surface area contributed by atoms with Gasteiger partial charge in [0.25, 0.3) is 0 Å². The summed E-state index contributed by atoms with van der Waals surface area (Å²) in [4.78, 5) is 5.40. The molecule has 0 aliphatic rings. The first-order valence-corrected chi connectivity index (χ1v) is 9.02. The number of hydrogen-bond donors (Lipinski definition) is 4. The number of anilines is 2. The summed E-state index contributed by atoms with van der Waals surface area (Å²) in [5, 5.41) is 10.1. The Hall–Kier alpha value is -3.02. The van der Waals surface area contributed by atoms with E-state index in [4.69, 9.17) is 22.9 Å². The highest BCUT2D eigenvalue weighted by molar-refractivity contribution is 8.03. The molecule has 0 atom stereocenters. The molecule has 2 aromatic carbocycles. The third kappa shape index (κ3) is 4.53. The second-order valence-electron chi connectivity index (χ2n) is 5.00. The number of allylic oxidation sites excluding steroid dienone is 1. The highest BCUT2D eigenvalue weighted by atomic mass is 32.2. The van der Waals surface area contributed by atoms with Crippen molar-refractivity contribution in [1.82, 2.24) is 0 Å². The molecule has 0 radical (unpaired) electrons. The van der Waals surface area contributed by atoms with Crippen LogP contribution in [-0.2, 0) is 0 Å². The highest BCUT2D eigenvalue weighted by Gasteiger charge is 2.16. The van der Waals surface area contributed by atoms with Crippen LogP contribution in [0.3, 0.4) is 0 Å². The molecule has 0 saturated heterocycles. The van der Waals surface area contributed by atoms with Crippen molar-refractivity contribution in [1.29, 1.82) is 5.26 Å². The van der Waals surface area contributed by atoms with E-state index in [1.54, 1.807) is 12.1 Å². The second-order valence-corrected chi connectivity index (χ2v) is 7.17. The van der Waals surface area contributed by atoms with Crippen LogP contribution >= 0.6 is 23.5 Å². The number of nitrogens with zero attached hydrogens (tertiary/aromatic N) is 2. The van der Waals surface area contributed by atoms with Gasteiger partial charge in [-0.2, -0.15) is 5.26 Å². The van der Waals surface area contributed by atoms with Crippen molar-refractivity contribution in [2.75, 3.05) is 11.5 Å². The maximum Gasteiger partial charge on any atom is 0.113 e. The van der Waals surface area contributed by atoms with Crippen molar-refractivity contribution < 1.29 is 0 Å². The molecule has 0 aromatic heterocycles. The predicted molar refractivity (Wildman–Crippen MR) is 111 cm³/mol. The van der Waals surface area contributed by atoms with Crippen LogP contribution in [0.2, 0.25) is 0 Å². The molecule has 2 rings (SSSR count). The molecule has 0 aliphatic carbocycles. The summed E-state index contributed by atoms with van der Waals surface area (Å²) in [6.07, 6.45) is 0. The lowest BCUT2D eigenvalue weighted by atomic mass is 10.2. The van der Waals surface area contributed by atoms with E-state index in [1.807, 2.05) is 36.4 Å². The van der Waals surface area contributed by atoms with Crippen LogP contribution < -0.4 is 22.9 Å². The van der Waals surface area contributed by atoms with Crippen LogP contribution in [0, 0.1) is 11.3 Å². The SMILES string of the molecule is C=NC(=C(/N)Sc1ccccc1N)/C(C#N)=C(\N)Sc1ccccc1N. The van der Waals surface area contributed by atoms with Gasteiger partial charge in [-0.25, -0.2) is 0 Å². The van der Waals surface area contributed by atoms with E-state index in [-0.39, 0.29) is 21.3 Å². The molecule has 0 heterocycles. The molecule has 0 aliphatic heterocycles. The van der Waals surface area contributed by atoms with E-state index in [9.17, 15) is 5.26 Å². The number of benzene rings is 2. The number of nitrogen functional groups attached to an aromatic ring is 2. The fourth-order valence-electron chi connectivity index (χ4n) is 1.99. The van der Waals surface area contributed by atoms with Gasteiger partial charge in [0, 0.05) is 21.2 Å². The van der Waals surface area contributed by atoms with E-state index < -0.39 is 0 Å². The van der Waals surface area contributed by atoms with Crippen molar-refractivity contribution in [3.63, 3.8) is 0 Å². The Labute approximate surface area is 160 Å². The fourth-order valence-corrected chi connectivity index (χ4v) is 3.63. The van der Waals surface area contributed by atoms with Gasteiger partial charge in [-0.3, -0.25) is 4.99 Å². The average molecular weight is 383 g/mol. The largest absolute Gasteiger partial charge is 0.398 e. The van der Waals surface area contributed by atoms with Crippen molar-refractivity contribution in [2.24, 2.45) is 16.5 Å². The van der Waals surface area contributed by atoms with Crippen LogP contribution in [0.5, 0.6) is 0 Å². The fraction of sp³-hybridized carbons (Fsp3) is 0. The lowest BCUT2D eigenvalue weighted by Gasteiger charge is -2.11. The van der Waals surface area contributed by atoms with Crippen LogP contribution in [0.15, 0.2) is 84.6 Å². The number of rotatable bonds is 6. The summed E-state index contributed by atoms with van der Waals surface area (Å²) >= 11 is 2.37. The van der Waals surface area contributed by atoms with Crippen molar-refractivity contribution in [2.45, 2.75) is 9.79 Å². The number of para-hydroxylation sites is 2. The van der Waals surface area contributed by atoms with E-state index in [0.717, 1.165) is 9.79 Å². The number of hydrogen-bond acceptors (Lipinski definition) is 8. The Morgan fingerprint density at radius 1 is 0.885 bits per heavy atom. The summed E-state index contributed by atoms with van der Waals surface area (Å²) in [6, 6.07) is 16.5. The first-order chi connectivity index (χ1) is 12.5. The van der Waals surface area contributed by atoms with Gasteiger partial charge in [-0.05, 0) is 31.0 Å². The molecular weight excluding hydrogens is 364 g/mol. The molecule has 0 bridgehead atoms. The van der Waals surface area contributed by atoms with Gasteiger partial charge < -0.3 is 22.9 Å². The summed E-state index contributed by atoms with van der Waals surface area (Å²) in [5.74, 6) is 0. The minimum absolute atomic E-state index is 0.132. The number of nitrogens with two attached hydrogens (primary N) is 4. The summed E-state index contributed by atoms with van der Waals surface area (Å²) in [5.41, 5.74) is 25.6. The molecule has 0 amide bonds. The first kappa shape index (κ1) is 19.3. The average Bonchev–Trinajstić information content (AvgIpc) is 2.63. The van der Waals surface area contributed by atoms with E-state index in [2.05, 4.69) is 17.8 Å². The zero-order chi connectivity index (χ0) is 19.1. The van der Waals surface area contributed by atoms with Gasteiger partial charge in [0.1, 0.15) is 17.3 Å². The second kappa shape index (κ2) is 8.89. The zero-order valence-corrected chi connectivity index (χ0v) is 15.5. The summed E-state index contributed by atoms with van der Waals surface area (Å²) in [6.45, 7) is 3.51. The Kier molecular flexibility index (Phi) is 6.60. The molecule has 132 valence electrons. The highest BCUT2D eigenvalue weighted by Crippen LogP contribution is 2.35. The van der Waals surface area contributed by atoms with Crippen molar-refractivity contribution in [3.8, 4) is 6.07 Å².